The third-order valence-electron chi connectivity index (χ3n) is 3.60. The lowest BCUT2D eigenvalue weighted by molar-refractivity contribution is -0.0817. The van der Waals surface area contributed by atoms with E-state index in [1.807, 2.05) is 0 Å². The van der Waals surface area contributed by atoms with Crippen molar-refractivity contribution in [2.24, 2.45) is 11.3 Å². The summed E-state index contributed by atoms with van der Waals surface area (Å²) < 4.78 is 24.6. The maximum absolute atomic E-state index is 12.3. The number of likely N-dealkylation sites (tertiary alicyclic amines) is 1. The van der Waals surface area contributed by atoms with Crippen LogP contribution in [0.4, 0.5) is 8.78 Å². The van der Waals surface area contributed by atoms with Crippen LogP contribution in [0, 0.1) is 11.3 Å². The molecule has 1 spiro atoms. The molecule has 0 atom stereocenters. The van der Waals surface area contributed by atoms with Crippen molar-refractivity contribution in [2.45, 2.75) is 32.1 Å². The summed E-state index contributed by atoms with van der Waals surface area (Å²) in [5, 5.41) is 0. The van der Waals surface area contributed by atoms with Crippen molar-refractivity contribution in [3.8, 4) is 0 Å². The summed E-state index contributed by atoms with van der Waals surface area (Å²) in [5.41, 5.74) is 0.272. The maximum atomic E-state index is 12.3. The molecule has 0 amide bonds. The van der Waals surface area contributed by atoms with Gasteiger partial charge in [-0.1, -0.05) is 0 Å². The van der Waals surface area contributed by atoms with Crippen molar-refractivity contribution in [3.05, 3.63) is 0 Å². The van der Waals surface area contributed by atoms with Gasteiger partial charge in [0.25, 0.3) is 0 Å². The minimum absolute atomic E-state index is 0.272. The second-order valence-corrected chi connectivity index (χ2v) is 4.84. The molecule has 1 saturated carbocycles. The molecule has 76 valence electrons. The van der Waals surface area contributed by atoms with Gasteiger partial charge in [0.2, 0.25) is 6.43 Å². The van der Waals surface area contributed by atoms with Crippen molar-refractivity contribution in [1.29, 1.82) is 0 Å². The highest BCUT2D eigenvalue weighted by molar-refractivity contribution is 4.98. The van der Waals surface area contributed by atoms with Gasteiger partial charge in [0.05, 0.1) is 0 Å². The molecule has 13 heavy (non-hydrogen) atoms. The second kappa shape index (κ2) is 3.19. The molecule has 1 aliphatic heterocycles. The molecule has 0 bridgehead atoms. The molecule has 1 nitrogen and oxygen atoms in total. The van der Waals surface area contributed by atoms with Crippen LogP contribution in [0.3, 0.4) is 0 Å². The van der Waals surface area contributed by atoms with E-state index in [0.29, 0.717) is 0 Å². The van der Waals surface area contributed by atoms with Gasteiger partial charge in [-0.3, -0.25) is 0 Å². The molecule has 0 radical (unpaired) electrons. The highest BCUT2D eigenvalue weighted by Crippen LogP contribution is 2.52. The van der Waals surface area contributed by atoms with Gasteiger partial charge >= 0.3 is 0 Å². The second-order valence-electron chi connectivity index (χ2n) is 4.84. The van der Waals surface area contributed by atoms with Crippen LogP contribution >= 0.6 is 0 Å². The smallest absolute Gasteiger partial charge is 0.241 e. The Labute approximate surface area is 78.1 Å². The Morgan fingerprint density at radius 1 is 1.38 bits per heavy atom. The lowest BCUT2D eigenvalue weighted by Gasteiger charge is -2.52. The molecule has 1 aliphatic carbocycles. The molecule has 2 aliphatic rings. The van der Waals surface area contributed by atoms with Crippen molar-refractivity contribution in [1.82, 2.24) is 4.90 Å². The molecule has 0 aromatic heterocycles. The predicted molar refractivity (Wildman–Crippen MR) is 47.9 cm³/mol. The van der Waals surface area contributed by atoms with Gasteiger partial charge in [0, 0.05) is 12.5 Å². The first-order chi connectivity index (χ1) is 6.11. The van der Waals surface area contributed by atoms with E-state index < -0.39 is 6.43 Å². The summed E-state index contributed by atoms with van der Waals surface area (Å²) in [6, 6.07) is 0. The third kappa shape index (κ3) is 1.71. The number of halogens is 2. The summed E-state index contributed by atoms with van der Waals surface area (Å²) in [4.78, 5) is 2.28. The number of nitrogens with zero attached hydrogens (tertiary/aromatic N) is 1. The molecule has 1 saturated heterocycles. The summed E-state index contributed by atoms with van der Waals surface area (Å²) in [5.74, 6) is -0.300. The number of alkyl halides is 2. The van der Waals surface area contributed by atoms with E-state index in [1.54, 1.807) is 0 Å². The minimum atomic E-state index is -2.09. The summed E-state index contributed by atoms with van der Waals surface area (Å²) in [6.45, 7) is 2.18. The van der Waals surface area contributed by atoms with Crippen molar-refractivity contribution < 1.29 is 8.78 Å². The molecular formula is C10H17F2N. The molecule has 0 unspecified atom stereocenters. The topological polar surface area (TPSA) is 3.24 Å². The summed E-state index contributed by atoms with van der Waals surface area (Å²) in [7, 11) is 2.09. The first-order valence-corrected chi connectivity index (χ1v) is 5.08. The standard InChI is InChI=1S/C10H17F2N/c1-13-4-2-3-10(7-13)5-8(6-10)9(11)12/h8-9H,2-7H2,1H3. The van der Waals surface area contributed by atoms with Gasteiger partial charge in [0.15, 0.2) is 0 Å². The summed E-state index contributed by atoms with van der Waals surface area (Å²) in [6.07, 6.45) is 1.79. The van der Waals surface area contributed by atoms with E-state index in [2.05, 4.69) is 11.9 Å². The number of piperidine rings is 1. The van der Waals surface area contributed by atoms with Gasteiger partial charge in [0.1, 0.15) is 0 Å². The Morgan fingerprint density at radius 2 is 2.08 bits per heavy atom. The van der Waals surface area contributed by atoms with E-state index in [9.17, 15) is 8.78 Å². The van der Waals surface area contributed by atoms with Crippen molar-refractivity contribution in [2.75, 3.05) is 20.1 Å². The van der Waals surface area contributed by atoms with Crippen molar-refractivity contribution >= 4 is 0 Å². The number of hydrogen-bond acceptors (Lipinski definition) is 1. The van der Waals surface area contributed by atoms with Crippen LogP contribution in [-0.4, -0.2) is 31.5 Å². The van der Waals surface area contributed by atoms with Gasteiger partial charge in [-0.15, -0.1) is 0 Å². The van der Waals surface area contributed by atoms with Crippen LogP contribution in [0.2, 0.25) is 0 Å². The molecule has 0 aromatic carbocycles. The predicted octanol–water partition coefficient (Wildman–Crippen LogP) is 2.37. The first kappa shape index (κ1) is 9.38. The first-order valence-electron chi connectivity index (χ1n) is 5.08. The fraction of sp³-hybridized carbons (Fsp3) is 1.00. The Bertz CT molecular complexity index is 187. The molecule has 0 N–H and O–H groups in total. The largest absolute Gasteiger partial charge is 0.306 e. The van der Waals surface area contributed by atoms with Gasteiger partial charge < -0.3 is 4.90 Å². The molecule has 2 rings (SSSR count). The number of hydrogen-bond donors (Lipinski definition) is 0. The lowest BCUT2D eigenvalue weighted by Crippen LogP contribution is -2.50. The molecule has 3 heteroatoms. The van der Waals surface area contributed by atoms with Crippen LogP contribution in [0.25, 0.3) is 0 Å². The Hall–Kier alpha value is -0.180. The van der Waals surface area contributed by atoms with E-state index in [1.165, 1.54) is 12.8 Å². The number of rotatable bonds is 1. The Balaban J connectivity index is 1.88. The van der Waals surface area contributed by atoms with E-state index in [0.717, 1.165) is 25.9 Å². The van der Waals surface area contributed by atoms with Crippen LogP contribution in [-0.2, 0) is 0 Å². The van der Waals surface area contributed by atoms with Crippen LogP contribution in [0.15, 0.2) is 0 Å². The molecule has 0 aromatic rings. The fourth-order valence-corrected chi connectivity index (χ4v) is 3.02. The van der Waals surface area contributed by atoms with Gasteiger partial charge in [-0.2, -0.15) is 0 Å². The Kier molecular flexibility index (Phi) is 2.30. The highest BCUT2D eigenvalue weighted by Gasteiger charge is 2.48. The van der Waals surface area contributed by atoms with Crippen molar-refractivity contribution in [3.63, 3.8) is 0 Å². The molecule has 2 fully saturated rings. The average molecular weight is 189 g/mol. The third-order valence-corrected chi connectivity index (χ3v) is 3.60. The maximum Gasteiger partial charge on any atom is 0.241 e. The van der Waals surface area contributed by atoms with Gasteiger partial charge in [-0.05, 0) is 44.7 Å². The monoisotopic (exact) mass is 189 g/mol. The molecular weight excluding hydrogens is 172 g/mol. The SMILES string of the molecule is CN1CCCC2(CC(C(F)F)C2)C1. The van der Waals surface area contributed by atoms with Crippen LogP contribution < -0.4 is 0 Å². The minimum Gasteiger partial charge on any atom is -0.306 e. The normalized spacial score (nSPS) is 41.1. The highest BCUT2D eigenvalue weighted by atomic mass is 19.3. The van der Waals surface area contributed by atoms with E-state index in [-0.39, 0.29) is 11.3 Å². The van der Waals surface area contributed by atoms with E-state index >= 15 is 0 Å². The van der Waals surface area contributed by atoms with Crippen LogP contribution in [0.5, 0.6) is 0 Å². The fourth-order valence-electron chi connectivity index (χ4n) is 3.02. The Morgan fingerprint density at radius 3 is 2.62 bits per heavy atom. The van der Waals surface area contributed by atoms with E-state index in [4.69, 9.17) is 0 Å². The average Bonchev–Trinajstić information content (AvgIpc) is 1.99. The zero-order chi connectivity index (χ0) is 9.47. The lowest BCUT2D eigenvalue weighted by atomic mass is 9.58. The van der Waals surface area contributed by atoms with Gasteiger partial charge in [-0.25, -0.2) is 8.78 Å². The zero-order valence-electron chi connectivity index (χ0n) is 8.10. The zero-order valence-corrected chi connectivity index (χ0v) is 8.10. The van der Waals surface area contributed by atoms with Crippen LogP contribution in [0.1, 0.15) is 25.7 Å². The molecule has 1 heterocycles. The summed E-state index contributed by atoms with van der Waals surface area (Å²) >= 11 is 0. The quantitative estimate of drug-likeness (QED) is 0.612.